The number of aryl methyl sites for hydroxylation is 2. The zero-order chi connectivity index (χ0) is 19.5. The van der Waals surface area contributed by atoms with Gasteiger partial charge in [-0.2, -0.15) is 0 Å². The van der Waals surface area contributed by atoms with E-state index in [0.29, 0.717) is 19.4 Å². The number of hydrogen-bond acceptors (Lipinski definition) is 3. The van der Waals surface area contributed by atoms with Crippen molar-refractivity contribution in [3.63, 3.8) is 0 Å². The number of halogens is 1. The van der Waals surface area contributed by atoms with Gasteiger partial charge in [0.25, 0.3) is 0 Å². The largest absolute Gasteiger partial charge is 0.465 e. The van der Waals surface area contributed by atoms with Gasteiger partial charge in [-0.05, 0) is 61.9 Å². The number of carbonyl (C=O) groups is 1. The summed E-state index contributed by atoms with van der Waals surface area (Å²) in [6.07, 6.45) is 2.76. The van der Waals surface area contributed by atoms with Crippen LogP contribution in [0, 0.1) is 12.7 Å². The van der Waals surface area contributed by atoms with E-state index in [2.05, 4.69) is 10.3 Å². The van der Waals surface area contributed by atoms with E-state index in [9.17, 15) is 9.18 Å². The predicted octanol–water partition coefficient (Wildman–Crippen LogP) is 4.29. The third kappa shape index (κ3) is 3.81. The lowest BCUT2D eigenvalue weighted by molar-refractivity contribution is -0.121. The maximum Gasteiger partial charge on any atom is 0.220 e. The molecule has 0 atom stereocenters. The average Bonchev–Trinajstić information content (AvgIpc) is 3.28. The highest BCUT2D eigenvalue weighted by atomic mass is 19.1. The fourth-order valence-electron chi connectivity index (χ4n) is 3.21. The van der Waals surface area contributed by atoms with Crippen LogP contribution in [0.25, 0.3) is 16.9 Å². The number of imidazole rings is 1. The number of carbonyl (C=O) groups excluding carboxylic acids is 1. The molecule has 0 saturated carbocycles. The summed E-state index contributed by atoms with van der Waals surface area (Å²) < 4.78 is 20.7. The number of benzene rings is 1. The van der Waals surface area contributed by atoms with Crippen LogP contribution in [0.4, 0.5) is 4.39 Å². The summed E-state index contributed by atoms with van der Waals surface area (Å²) in [4.78, 5) is 17.0. The van der Waals surface area contributed by atoms with Gasteiger partial charge in [0.15, 0.2) is 0 Å². The van der Waals surface area contributed by atoms with Crippen LogP contribution in [0.2, 0.25) is 0 Å². The molecule has 28 heavy (non-hydrogen) atoms. The lowest BCUT2D eigenvalue weighted by Crippen LogP contribution is -2.23. The molecule has 1 N–H and O–H groups in total. The van der Waals surface area contributed by atoms with Crippen LogP contribution in [0.1, 0.15) is 23.6 Å². The van der Waals surface area contributed by atoms with Gasteiger partial charge in [0.1, 0.15) is 23.0 Å². The first-order valence-corrected chi connectivity index (χ1v) is 9.14. The summed E-state index contributed by atoms with van der Waals surface area (Å²) in [5, 5.41) is 2.88. The zero-order valence-electron chi connectivity index (χ0n) is 15.5. The monoisotopic (exact) mass is 377 g/mol. The van der Waals surface area contributed by atoms with Crippen molar-refractivity contribution in [2.24, 2.45) is 0 Å². The molecule has 0 aliphatic heterocycles. The smallest absolute Gasteiger partial charge is 0.220 e. The van der Waals surface area contributed by atoms with Crippen molar-refractivity contribution in [2.75, 3.05) is 0 Å². The van der Waals surface area contributed by atoms with E-state index >= 15 is 0 Å². The molecule has 5 nitrogen and oxygen atoms in total. The average molecular weight is 377 g/mol. The molecule has 3 heterocycles. The maximum atomic E-state index is 13.3. The van der Waals surface area contributed by atoms with Crippen LogP contribution >= 0.6 is 0 Å². The van der Waals surface area contributed by atoms with E-state index in [-0.39, 0.29) is 11.7 Å². The molecule has 0 aliphatic carbocycles. The van der Waals surface area contributed by atoms with Crippen LogP contribution in [-0.2, 0) is 17.8 Å². The number of nitrogens with zero attached hydrogens (tertiary/aromatic N) is 2. The molecular weight excluding hydrogens is 357 g/mol. The molecule has 142 valence electrons. The molecule has 1 amide bonds. The van der Waals surface area contributed by atoms with Crippen LogP contribution in [0.5, 0.6) is 0 Å². The van der Waals surface area contributed by atoms with Crippen molar-refractivity contribution >= 4 is 11.6 Å². The summed E-state index contributed by atoms with van der Waals surface area (Å²) in [6, 6.07) is 15.7. The van der Waals surface area contributed by atoms with Gasteiger partial charge in [-0.15, -0.1) is 0 Å². The van der Waals surface area contributed by atoms with E-state index in [1.807, 2.05) is 47.9 Å². The highest BCUT2D eigenvalue weighted by Gasteiger charge is 2.15. The first-order valence-electron chi connectivity index (χ1n) is 9.14. The van der Waals surface area contributed by atoms with Gasteiger partial charge in [-0.3, -0.25) is 4.79 Å². The molecule has 0 fully saturated rings. The normalized spacial score (nSPS) is 11.1. The summed E-state index contributed by atoms with van der Waals surface area (Å²) in [6.45, 7) is 2.23. The number of pyridine rings is 1. The summed E-state index contributed by atoms with van der Waals surface area (Å²) >= 11 is 0. The van der Waals surface area contributed by atoms with Crippen molar-refractivity contribution < 1.29 is 13.6 Å². The predicted molar refractivity (Wildman–Crippen MR) is 104 cm³/mol. The Morgan fingerprint density at radius 3 is 2.71 bits per heavy atom. The van der Waals surface area contributed by atoms with Crippen LogP contribution in [-0.4, -0.2) is 15.3 Å². The molecule has 6 heteroatoms. The number of nitrogens with one attached hydrogen (secondary N) is 1. The van der Waals surface area contributed by atoms with Gasteiger partial charge in [-0.1, -0.05) is 6.07 Å². The van der Waals surface area contributed by atoms with Crippen molar-refractivity contribution in [3.8, 4) is 11.3 Å². The second-order valence-corrected chi connectivity index (χ2v) is 6.63. The highest BCUT2D eigenvalue weighted by Crippen LogP contribution is 2.25. The van der Waals surface area contributed by atoms with E-state index in [1.54, 1.807) is 12.1 Å². The minimum atomic E-state index is -0.290. The maximum absolute atomic E-state index is 13.3. The number of furan rings is 1. The fraction of sp³-hybridized carbons (Fsp3) is 0.182. The molecule has 4 rings (SSSR count). The van der Waals surface area contributed by atoms with Crippen molar-refractivity contribution in [1.82, 2.24) is 14.7 Å². The minimum absolute atomic E-state index is 0.0648. The van der Waals surface area contributed by atoms with Gasteiger partial charge >= 0.3 is 0 Å². The van der Waals surface area contributed by atoms with Crippen LogP contribution < -0.4 is 5.32 Å². The van der Waals surface area contributed by atoms with E-state index in [0.717, 1.165) is 34.1 Å². The summed E-state index contributed by atoms with van der Waals surface area (Å²) in [5.41, 5.74) is 3.31. The highest BCUT2D eigenvalue weighted by molar-refractivity contribution is 5.76. The van der Waals surface area contributed by atoms with Crippen molar-refractivity contribution in [1.29, 1.82) is 0 Å². The Morgan fingerprint density at radius 1 is 1.14 bits per heavy atom. The molecule has 0 bridgehead atoms. The van der Waals surface area contributed by atoms with Gasteiger partial charge in [0.05, 0.1) is 17.9 Å². The topological polar surface area (TPSA) is 59.5 Å². The Labute approximate surface area is 161 Å². The Bertz CT molecular complexity index is 1110. The van der Waals surface area contributed by atoms with Gasteiger partial charge in [0, 0.05) is 18.2 Å². The summed E-state index contributed by atoms with van der Waals surface area (Å²) in [5.74, 6) is 1.19. The number of aromatic nitrogens is 2. The molecular formula is C22H20FN3O2. The molecule has 4 aromatic rings. The van der Waals surface area contributed by atoms with E-state index < -0.39 is 0 Å². The van der Waals surface area contributed by atoms with Crippen molar-refractivity contribution in [3.05, 3.63) is 83.8 Å². The molecule has 0 saturated heterocycles. The number of fused-ring (bicyclic) bond motifs is 1. The first kappa shape index (κ1) is 18.0. The number of rotatable bonds is 6. The second-order valence-electron chi connectivity index (χ2n) is 6.63. The van der Waals surface area contributed by atoms with Gasteiger partial charge < -0.3 is 14.1 Å². The molecule has 0 unspecified atom stereocenters. The molecule has 0 spiro atoms. The lowest BCUT2D eigenvalue weighted by Gasteiger charge is -2.07. The molecule has 0 radical (unpaired) electrons. The van der Waals surface area contributed by atoms with E-state index in [1.165, 1.54) is 12.1 Å². The molecule has 0 aliphatic rings. The quantitative estimate of drug-likeness (QED) is 0.545. The number of amides is 1. The Hall–Kier alpha value is -3.41. The second kappa shape index (κ2) is 7.68. The van der Waals surface area contributed by atoms with Crippen LogP contribution in [0.15, 0.2) is 65.2 Å². The first-order chi connectivity index (χ1) is 13.6. The zero-order valence-corrected chi connectivity index (χ0v) is 15.5. The summed E-state index contributed by atoms with van der Waals surface area (Å²) in [7, 11) is 0. The number of hydrogen-bond donors (Lipinski definition) is 1. The minimum Gasteiger partial charge on any atom is -0.465 e. The van der Waals surface area contributed by atoms with Gasteiger partial charge in [0.2, 0.25) is 5.91 Å². The van der Waals surface area contributed by atoms with Crippen LogP contribution in [0.3, 0.4) is 0 Å². The fourth-order valence-corrected chi connectivity index (χ4v) is 3.21. The Balaban J connectivity index is 1.53. The molecule has 1 aromatic carbocycles. The van der Waals surface area contributed by atoms with Crippen molar-refractivity contribution in [2.45, 2.75) is 26.3 Å². The molecule has 3 aromatic heterocycles. The Kier molecular flexibility index (Phi) is 4.93. The van der Waals surface area contributed by atoms with Gasteiger partial charge in [-0.25, -0.2) is 9.37 Å². The standard InChI is InChI=1S/C22H20FN3O2/c1-15-5-10-18(28-15)14-24-21(27)12-11-19-22(16-6-8-17(23)9-7-16)25-20-4-2-3-13-26(19)20/h2-10,13H,11-12,14H2,1H3,(H,24,27). The third-order valence-corrected chi connectivity index (χ3v) is 4.59. The SMILES string of the molecule is Cc1ccc(CNC(=O)CCc2c(-c3ccc(F)cc3)nc3ccccn23)o1. The third-order valence-electron chi connectivity index (χ3n) is 4.59. The lowest BCUT2D eigenvalue weighted by atomic mass is 10.1. The van der Waals surface area contributed by atoms with E-state index in [4.69, 9.17) is 4.42 Å². The Morgan fingerprint density at radius 2 is 1.96 bits per heavy atom.